The van der Waals surface area contributed by atoms with Crippen LogP contribution in [0.15, 0.2) is 60.9 Å². The first-order chi connectivity index (χ1) is 14.9. The average molecular weight is 465 g/mol. The van der Waals surface area contributed by atoms with Crippen LogP contribution in [0.3, 0.4) is 0 Å². The fraction of sp³-hybridized carbons (Fsp3) is 0.200. The van der Waals surface area contributed by atoms with Gasteiger partial charge in [-0.15, -0.1) is 11.4 Å². The first kappa shape index (κ1) is 20.6. The summed E-state index contributed by atoms with van der Waals surface area (Å²) in [7, 11) is 4.04. The van der Waals surface area contributed by atoms with Crippen LogP contribution in [-0.2, 0) is 36.3 Å². The third kappa shape index (κ3) is 3.00. The van der Waals surface area contributed by atoms with Crippen LogP contribution >= 0.6 is 0 Å². The van der Waals surface area contributed by atoms with Crippen LogP contribution in [0.1, 0.15) is 25.2 Å². The van der Waals surface area contributed by atoms with Crippen molar-refractivity contribution in [1.82, 2.24) is 29.1 Å². The Bertz CT molecular complexity index is 1340. The molecule has 0 saturated heterocycles. The van der Waals surface area contributed by atoms with Crippen molar-refractivity contribution in [2.24, 2.45) is 14.1 Å². The zero-order chi connectivity index (χ0) is 21.3. The zero-order valence-corrected chi connectivity index (χ0v) is 19.3. The Morgan fingerprint density at radius 2 is 1.19 bits per heavy atom. The van der Waals surface area contributed by atoms with E-state index in [1.165, 1.54) is 0 Å². The van der Waals surface area contributed by atoms with E-state index in [0.29, 0.717) is 0 Å². The molecule has 0 atom stereocenters. The SMILES string of the molecule is Cn1cc2nc1-c1cccc(c1)-c1nc(cn1C)-c1ccc([n-]1)C(C)(C)c1ccc-2[n-]1.[Co+2]. The number of aryl methyl sites for hydroxylation is 2. The standard InChI is InChI=1S/C25H22N6.Co/c1-25(2)21-10-8-17(26-21)19-13-30(3)23(28-19)15-6-5-7-16(12-15)24-29-20(14-31(24)4)18-9-11-22(25)27-18;/h5-14H,1-4H3;/q-2;+2. The van der Waals surface area contributed by atoms with E-state index in [1.807, 2.05) is 38.6 Å². The van der Waals surface area contributed by atoms with Crippen LogP contribution < -0.4 is 9.97 Å². The van der Waals surface area contributed by atoms with E-state index < -0.39 is 0 Å². The number of imidazole rings is 2. The number of aromatic nitrogens is 6. The van der Waals surface area contributed by atoms with Crippen molar-refractivity contribution in [2.45, 2.75) is 19.3 Å². The third-order valence-electron chi connectivity index (χ3n) is 6.22. The number of nitrogens with zero attached hydrogens (tertiary/aromatic N) is 6. The molecule has 5 heterocycles. The van der Waals surface area contributed by atoms with Gasteiger partial charge in [-0.1, -0.05) is 56.3 Å². The summed E-state index contributed by atoms with van der Waals surface area (Å²) in [5, 5.41) is 0. The quantitative estimate of drug-likeness (QED) is 0.341. The van der Waals surface area contributed by atoms with Gasteiger partial charge in [-0.25, -0.2) is 9.97 Å². The molecule has 0 spiro atoms. The Labute approximate surface area is 196 Å². The molecule has 1 aromatic carbocycles. The van der Waals surface area contributed by atoms with Crippen molar-refractivity contribution in [3.8, 4) is 45.6 Å². The van der Waals surface area contributed by atoms with Crippen LogP contribution in [-0.4, -0.2) is 19.1 Å². The van der Waals surface area contributed by atoms with Crippen molar-refractivity contribution in [1.29, 1.82) is 0 Å². The molecule has 0 saturated carbocycles. The number of hydrogen-bond donors (Lipinski definition) is 0. The fourth-order valence-electron chi connectivity index (χ4n) is 4.35. The van der Waals surface area contributed by atoms with Crippen molar-refractivity contribution in [2.75, 3.05) is 0 Å². The molecule has 5 aromatic rings. The van der Waals surface area contributed by atoms with E-state index >= 15 is 0 Å². The smallest absolute Gasteiger partial charge is 0.659 e. The predicted octanol–water partition coefficient (Wildman–Crippen LogP) is 4.37. The molecule has 161 valence electrons. The summed E-state index contributed by atoms with van der Waals surface area (Å²) in [5.41, 5.74) is 7.23. The molecule has 1 radical (unpaired) electrons. The van der Waals surface area contributed by atoms with Gasteiger partial charge in [0.1, 0.15) is 11.6 Å². The molecule has 10 bridgehead atoms. The van der Waals surface area contributed by atoms with Gasteiger partial charge < -0.3 is 19.1 Å². The molecule has 0 aliphatic carbocycles. The molecule has 32 heavy (non-hydrogen) atoms. The molecule has 6 nitrogen and oxygen atoms in total. The van der Waals surface area contributed by atoms with Crippen molar-refractivity contribution in [3.05, 3.63) is 72.3 Å². The van der Waals surface area contributed by atoms with E-state index in [2.05, 4.69) is 59.4 Å². The first-order valence-electron chi connectivity index (χ1n) is 10.4. The van der Waals surface area contributed by atoms with Crippen LogP contribution in [0.4, 0.5) is 0 Å². The Morgan fingerprint density at radius 1 is 0.719 bits per heavy atom. The van der Waals surface area contributed by atoms with Gasteiger partial charge in [0, 0.05) is 37.6 Å². The molecule has 0 fully saturated rings. The van der Waals surface area contributed by atoms with Gasteiger partial charge in [-0.05, 0) is 11.5 Å². The van der Waals surface area contributed by atoms with Crippen LogP contribution in [0.5, 0.6) is 0 Å². The van der Waals surface area contributed by atoms with Gasteiger partial charge in [0.25, 0.3) is 0 Å². The minimum atomic E-state index is -0.326. The normalized spacial score (nSPS) is 13.6. The van der Waals surface area contributed by atoms with E-state index in [-0.39, 0.29) is 22.2 Å². The van der Waals surface area contributed by atoms with Crippen LogP contribution in [0.2, 0.25) is 0 Å². The second-order valence-corrected chi connectivity index (χ2v) is 8.76. The molecular weight excluding hydrogens is 443 g/mol. The van der Waals surface area contributed by atoms with Gasteiger partial charge in [0.05, 0.1) is 11.4 Å². The first-order valence-corrected chi connectivity index (χ1v) is 10.4. The number of rotatable bonds is 0. The van der Waals surface area contributed by atoms with Crippen molar-refractivity contribution in [3.63, 3.8) is 0 Å². The van der Waals surface area contributed by atoms with E-state index in [9.17, 15) is 0 Å². The molecule has 0 amide bonds. The zero-order valence-electron chi connectivity index (χ0n) is 18.3. The molecule has 4 aromatic heterocycles. The van der Waals surface area contributed by atoms with E-state index in [4.69, 9.17) is 19.9 Å². The maximum atomic E-state index is 4.94. The maximum Gasteiger partial charge on any atom is 2.00 e. The van der Waals surface area contributed by atoms with Gasteiger partial charge in [-0.3, -0.25) is 0 Å². The molecule has 7 heteroatoms. The van der Waals surface area contributed by atoms with Gasteiger partial charge in [0.2, 0.25) is 0 Å². The van der Waals surface area contributed by atoms with E-state index in [1.54, 1.807) is 0 Å². The molecular formula is C25H22CoN6. The van der Waals surface area contributed by atoms with Gasteiger partial charge in [-0.2, -0.15) is 11.4 Å². The summed E-state index contributed by atoms with van der Waals surface area (Å²) < 4.78 is 4.11. The third-order valence-corrected chi connectivity index (χ3v) is 6.22. The Morgan fingerprint density at radius 3 is 1.66 bits per heavy atom. The Hall–Kier alpha value is -3.29. The van der Waals surface area contributed by atoms with Crippen LogP contribution in [0.25, 0.3) is 45.6 Å². The minimum absolute atomic E-state index is 0. The average Bonchev–Trinajstić information content (AvgIpc) is 3.52. The number of fused-ring (bicyclic) bond motifs is 14. The molecule has 0 N–H and O–H groups in total. The number of hydrogen-bond acceptors (Lipinski definition) is 2. The van der Waals surface area contributed by atoms with Gasteiger partial charge >= 0.3 is 16.8 Å². The second kappa shape index (κ2) is 7.11. The number of benzene rings is 1. The molecule has 6 rings (SSSR count). The topological polar surface area (TPSA) is 63.8 Å². The predicted molar refractivity (Wildman–Crippen MR) is 120 cm³/mol. The Kier molecular flexibility index (Phi) is 4.58. The monoisotopic (exact) mass is 465 g/mol. The van der Waals surface area contributed by atoms with Crippen LogP contribution in [0, 0.1) is 0 Å². The summed E-state index contributed by atoms with van der Waals surface area (Å²) in [6, 6.07) is 16.6. The largest absolute Gasteiger partial charge is 2.00 e. The molecule has 0 unspecified atom stereocenters. The summed E-state index contributed by atoms with van der Waals surface area (Å²) >= 11 is 0. The van der Waals surface area contributed by atoms with E-state index in [0.717, 1.165) is 56.9 Å². The summed E-state index contributed by atoms with van der Waals surface area (Å²) in [6.45, 7) is 4.32. The Balaban J connectivity index is 0.00000216. The fourth-order valence-corrected chi connectivity index (χ4v) is 4.35. The second-order valence-electron chi connectivity index (χ2n) is 8.76. The van der Waals surface area contributed by atoms with Gasteiger partial charge in [0.15, 0.2) is 0 Å². The summed E-state index contributed by atoms with van der Waals surface area (Å²) in [6.07, 6.45) is 4.08. The van der Waals surface area contributed by atoms with Crippen molar-refractivity contribution < 1.29 is 16.8 Å². The van der Waals surface area contributed by atoms with Crippen molar-refractivity contribution >= 4 is 0 Å². The molecule has 1 aliphatic rings. The summed E-state index contributed by atoms with van der Waals surface area (Å²) in [4.78, 5) is 19.7. The molecule has 1 aliphatic heterocycles. The maximum absolute atomic E-state index is 4.94. The minimum Gasteiger partial charge on any atom is -0.659 e. The summed E-state index contributed by atoms with van der Waals surface area (Å²) in [5.74, 6) is 1.81.